The van der Waals surface area contributed by atoms with E-state index in [2.05, 4.69) is 4.90 Å². The Morgan fingerprint density at radius 1 is 0.892 bits per heavy atom. The van der Waals surface area contributed by atoms with Gasteiger partial charge in [-0.15, -0.1) is 0 Å². The number of rotatable bonds is 8. The summed E-state index contributed by atoms with van der Waals surface area (Å²) in [6, 6.07) is 11.9. The van der Waals surface area contributed by atoms with Gasteiger partial charge in [0.25, 0.3) is 0 Å². The average Bonchev–Trinajstić information content (AvgIpc) is 2.90. The Bertz CT molecular complexity index is 1240. The molecule has 37 heavy (non-hydrogen) atoms. The third-order valence-corrected chi connectivity index (χ3v) is 7.41. The average molecular weight is 506 g/mol. The van der Waals surface area contributed by atoms with Crippen LogP contribution in [0.2, 0.25) is 0 Å². The van der Waals surface area contributed by atoms with Crippen molar-refractivity contribution in [3.63, 3.8) is 0 Å². The van der Waals surface area contributed by atoms with E-state index in [9.17, 15) is 14.0 Å². The normalized spacial score (nSPS) is 18.2. The number of nitrogens with zero attached hydrogens (tertiary/aromatic N) is 1. The number of benzene rings is 2. The van der Waals surface area contributed by atoms with Crippen LogP contribution in [-0.4, -0.2) is 43.8 Å². The second kappa shape index (κ2) is 10.9. The van der Waals surface area contributed by atoms with Crippen LogP contribution in [0.15, 0.2) is 65.0 Å². The number of hydrogen-bond acceptors (Lipinski definition) is 6. The van der Waals surface area contributed by atoms with Gasteiger partial charge in [0.2, 0.25) is 0 Å². The van der Waals surface area contributed by atoms with Crippen LogP contribution in [0.3, 0.4) is 0 Å². The molecule has 0 N–H and O–H groups in total. The fraction of sp³-hybridized carbons (Fsp3) is 0.400. The molecular formula is C30H32FNO5. The highest BCUT2D eigenvalue weighted by Crippen LogP contribution is 2.50. The molecule has 2 aromatic rings. The summed E-state index contributed by atoms with van der Waals surface area (Å²) in [7, 11) is 3.23. The standard InChI is InChI=1S/C30H32FNO5/c1-35-15-14-32-22-8-4-10-24(33)29(22)28(30-23(32)9-5-11-25(30)34)20-12-13-26(27(17-20)36-2)37-18-19-6-3-7-21(31)16-19/h3,6-7,12-13,16-17,28H,4-5,8-11,14-15,18H2,1-2H3. The molecule has 7 heteroatoms. The summed E-state index contributed by atoms with van der Waals surface area (Å²) >= 11 is 0. The molecule has 6 nitrogen and oxygen atoms in total. The summed E-state index contributed by atoms with van der Waals surface area (Å²) in [4.78, 5) is 29.0. The number of allylic oxidation sites excluding steroid dienone is 4. The van der Waals surface area contributed by atoms with Crippen LogP contribution in [0, 0.1) is 5.82 Å². The Kier molecular flexibility index (Phi) is 7.42. The fourth-order valence-electron chi connectivity index (χ4n) is 5.77. The van der Waals surface area contributed by atoms with Gasteiger partial charge in [0.15, 0.2) is 23.1 Å². The third-order valence-electron chi connectivity index (χ3n) is 7.41. The topological polar surface area (TPSA) is 65.1 Å². The minimum absolute atomic E-state index is 0.101. The van der Waals surface area contributed by atoms with Crippen LogP contribution < -0.4 is 9.47 Å². The van der Waals surface area contributed by atoms with E-state index in [4.69, 9.17) is 14.2 Å². The summed E-state index contributed by atoms with van der Waals surface area (Å²) in [5.74, 6) is 0.485. The predicted molar refractivity (Wildman–Crippen MR) is 137 cm³/mol. The van der Waals surface area contributed by atoms with Crippen molar-refractivity contribution in [2.45, 2.75) is 51.0 Å². The Labute approximate surface area is 216 Å². The molecule has 2 aromatic carbocycles. The third kappa shape index (κ3) is 4.92. The maximum absolute atomic E-state index is 13.6. The molecule has 194 valence electrons. The quantitative estimate of drug-likeness (QED) is 0.474. The van der Waals surface area contributed by atoms with Crippen molar-refractivity contribution in [2.24, 2.45) is 0 Å². The van der Waals surface area contributed by atoms with E-state index in [0.717, 1.165) is 53.8 Å². The summed E-state index contributed by atoms with van der Waals surface area (Å²) < 4.78 is 30.6. The Balaban J connectivity index is 1.55. The lowest BCUT2D eigenvalue weighted by molar-refractivity contribution is -0.117. The number of methoxy groups -OCH3 is 2. The molecule has 3 aliphatic rings. The van der Waals surface area contributed by atoms with Gasteiger partial charge in [0.1, 0.15) is 12.4 Å². The molecule has 1 aliphatic heterocycles. The largest absolute Gasteiger partial charge is 0.493 e. The summed E-state index contributed by atoms with van der Waals surface area (Å²) in [6.45, 7) is 1.33. The Morgan fingerprint density at radius 3 is 2.22 bits per heavy atom. The number of halogens is 1. The van der Waals surface area contributed by atoms with E-state index >= 15 is 0 Å². The van der Waals surface area contributed by atoms with Gasteiger partial charge in [0, 0.05) is 55.0 Å². The summed E-state index contributed by atoms with van der Waals surface area (Å²) in [5, 5.41) is 0. The first-order chi connectivity index (χ1) is 18.0. The van der Waals surface area contributed by atoms with Gasteiger partial charge < -0.3 is 19.1 Å². The minimum atomic E-state index is -0.421. The van der Waals surface area contributed by atoms with Gasteiger partial charge in [-0.2, -0.15) is 0 Å². The molecule has 0 bridgehead atoms. The maximum Gasteiger partial charge on any atom is 0.161 e. The van der Waals surface area contributed by atoms with E-state index in [-0.39, 0.29) is 24.0 Å². The van der Waals surface area contributed by atoms with Gasteiger partial charge in [0.05, 0.1) is 13.7 Å². The maximum atomic E-state index is 13.6. The molecule has 0 spiro atoms. The van der Waals surface area contributed by atoms with E-state index < -0.39 is 5.92 Å². The second-order valence-corrected chi connectivity index (χ2v) is 9.68. The number of carbonyl (C=O) groups excluding carboxylic acids is 2. The molecule has 0 unspecified atom stereocenters. The molecule has 5 rings (SSSR count). The van der Waals surface area contributed by atoms with Crippen molar-refractivity contribution in [1.29, 1.82) is 0 Å². The zero-order valence-electron chi connectivity index (χ0n) is 21.3. The molecule has 0 radical (unpaired) electrons. The molecule has 2 aliphatic carbocycles. The number of hydrogen-bond donors (Lipinski definition) is 0. The van der Waals surface area contributed by atoms with E-state index in [1.807, 2.05) is 18.2 Å². The first kappa shape index (κ1) is 25.2. The minimum Gasteiger partial charge on any atom is -0.493 e. The Hall–Kier alpha value is -3.45. The molecule has 1 heterocycles. The molecule has 0 atom stereocenters. The van der Waals surface area contributed by atoms with Crippen molar-refractivity contribution < 1.29 is 28.2 Å². The molecule has 0 amide bonds. The molecule has 0 saturated heterocycles. The molecule has 0 saturated carbocycles. The van der Waals surface area contributed by atoms with Crippen LogP contribution in [0.1, 0.15) is 55.6 Å². The predicted octanol–water partition coefficient (Wildman–Crippen LogP) is 5.47. The number of ketones is 2. The highest BCUT2D eigenvalue weighted by atomic mass is 19.1. The summed E-state index contributed by atoms with van der Waals surface area (Å²) in [6.07, 6.45) is 4.18. The molecular weight excluding hydrogens is 473 g/mol. The van der Waals surface area contributed by atoms with Crippen LogP contribution in [-0.2, 0) is 20.9 Å². The van der Waals surface area contributed by atoms with E-state index in [1.54, 1.807) is 26.4 Å². The van der Waals surface area contributed by atoms with Gasteiger partial charge in [-0.25, -0.2) is 4.39 Å². The zero-order chi connectivity index (χ0) is 25.9. The van der Waals surface area contributed by atoms with Gasteiger partial charge in [-0.1, -0.05) is 18.2 Å². The number of Topliss-reactive ketones (excluding diaryl/α,β-unsaturated/α-hetero) is 2. The monoisotopic (exact) mass is 505 g/mol. The molecule has 0 aromatic heterocycles. The van der Waals surface area contributed by atoms with E-state index in [0.29, 0.717) is 43.1 Å². The zero-order valence-corrected chi connectivity index (χ0v) is 21.3. The van der Waals surface area contributed by atoms with Crippen LogP contribution >= 0.6 is 0 Å². The number of ether oxygens (including phenoxy) is 3. The lowest BCUT2D eigenvalue weighted by Crippen LogP contribution is -2.40. The Morgan fingerprint density at radius 2 is 1.59 bits per heavy atom. The van der Waals surface area contributed by atoms with Crippen LogP contribution in [0.5, 0.6) is 11.5 Å². The molecule has 0 fully saturated rings. The van der Waals surface area contributed by atoms with Crippen molar-refractivity contribution >= 4 is 11.6 Å². The highest BCUT2D eigenvalue weighted by Gasteiger charge is 2.43. The van der Waals surface area contributed by atoms with Crippen molar-refractivity contribution in [3.8, 4) is 11.5 Å². The van der Waals surface area contributed by atoms with Gasteiger partial charge >= 0.3 is 0 Å². The fourth-order valence-corrected chi connectivity index (χ4v) is 5.77. The first-order valence-electron chi connectivity index (χ1n) is 12.9. The van der Waals surface area contributed by atoms with Gasteiger partial charge in [-0.3, -0.25) is 9.59 Å². The highest BCUT2D eigenvalue weighted by molar-refractivity contribution is 6.06. The lowest BCUT2D eigenvalue weighted by Gasteiger charge is -2.44. The van der Waals surface area contributed by atoms with Crippen LogP contribution in [0.25, 0.3) is 0 Å². The number of carbonyl (C=O) groups is 2. The second-order valence-electron chi connectivity index (χ2n) is 9.68. The van der Waals surface area contributed by atoms with Crippen LogP contribution in [0.4, 0.5) is 4.39 Å². The van der Waals surface area contributed by atoms with Gasteiger partial charge in [-0.05, 0) is 61.1 Å². The van der Waals surface area contributed by atoms with E-state index in [1.165, 1.54) is 12.1 Å². The van der Waals surface area contributed by atoms with Crippen molar-refractivity contribution in [1.82, 2.24) is 4.90 Å². The summed E-state index contributed by atoms with van der Waals surface area (Å²) in [5.41, 5.74) is 5.06. The SMILES string of the molecule is COCCN1C2=C(C(=O)CCC2)C(c2ccc(OCc3cccc(F)c3)c(OC)c2)C2=C1CCCC2=O. The lowest BCUT2D eigenvalue weighted by atomic mass is 9.71. The first-order valence-corrected chi connectivity index (χ1v) is 12.9. The van der Waals surface area contributed by atoms with Crippen molar-refractivity contribution in [3.05, 3.63) is 81.9 Å². The smallest absolute Gasteiger partial charge is 0.161 e. The van der Waals surface area contributed by atoms with Crippen molar-refractivity contribution in [2.75, 3.05) is 27.4 Å².